The van der Waals surface area contributed by atoms with Crippen molar-refractivity contribution >= 4 is 28.2 Å². The minimum atomic E-state index is -0.369. The van der Waals surface area contributed by atoms with Crippen LogP contribution in [0.3, 0.4) is 0 Å². The van der Waals surface area contributed by atoms with Gasteiger partial charge in [-0.25, -0.2) is 9.48 Å². The first-order valence-electron chi connectivity index (χ1n) is 9.06. The van der Waals surface area contributed by atoms with E-state index in [1.54, 1.807) is 11.6 Å². The lowest BCUT2D eigenvalue weighted by molar-refractivity contribution is -0.115. The maximum absolute atomic E-state index is 12.5. The van der Waals surface area contributed by atoms with Gasteiger partial charge < -0.3 is 10.1 Å². The first-order valence-corrected chi connectivity index (χ1v) is 9.94. The lowest BCUT2D eigenvalue weighted by Gasteiger charge is -2.08. The number of nitrogens with zero attached hydrogens (tertiary/aromatic N) is 4. The quantitative estimate of drug-likeness (QED) is 0.616. The van der Waals surface area contributed by atoms with Crippen molar-refractivity contribution in [3.05, 3.63) is 52.7 Å². The molecule has 3 aromatic rings. The molecular weight excluding hydrogens is 378 g/mol. The van der Waals surface area contributed by atoms with E-state index in [0.29, 0.717) is 23.1 Å². The average molecular weight is 397 g/mol. The standard InChI is InChI=1S/C19H19N5O3S/c1-2-27-19(26)17-15(13-5-6-13)10-28-18(17)21-16(25)9-12-3-7-14(8-4-12)24-11-20-22-23-24/h3-4,7-8,10-11,13H,2,5-6,9H2,1H3,(H,21,25). The van der Waals surface area contributed by atoms with Crippen molar-refractivity contribution in [2.45, 2.75) is 32.1 Å². The first-order chi connectivity index (χ1) is 13.7. The van der Waals surface area contributed by atoms with Crippen LogP contribution in [-0.2, 0) is 16.0 Å². The Kier molecular flexibility index (Phi) is 5.16. The molecule has 8 nitrogen and oxygen atoms in total. The second-order valence-electron chi connectivity index (χ2n) is 6.54. The van der Waals surface area contributed by atoms with Crippen LogP contribution in [0.1, 0.15) is 47.2 Å². The van der Waals surface area contributed by atoms with E-state index in [0.717, 1.165) is 29.7 Å². The Morgan fingerprint density at radius 1 is 1.29 bits per heavy atom. The van der Waals surface area contributed by atoms with E-state index in [2.05, 4.69) is 20.8 Å². The zero-order valence-electron chi connectivity index (χ0n) is 15.3. The first kappa shape index (κ1) is 18.3. The number of hydrogen-bond acceptors (Lipinski definition) is 7. The molecule has 28 heavy (non-hydrogen) atoms. The third kappa shape index (κ3) is 3.94. The number of ether oxygens (including phenoxy) is 1. The normalized spacial score (nSPS) is 13.3. The molecule has 0 aliphatic heterocycles. The molecule has 0 atom stereocenters. The van der Waals surface area contributed by atoms with Gasteiger partial charge in [-0.3, -0.25) is 4.79 Å². The average Bonchev–Trinajstić information content (AvgIpc) is 3.22. The van der Waals surface area contributed by atoms with Gasteiger partial charge in [-0.1, -0.05) is 12.1 Å². The fourth-order valence-corrected chi connectivity index (χ4v) is 4.02. The zero-order valence-corrected chi connectivity index (χ0v) is 16.1. The Balaban J connectivity index is 1.46. The number of benzene rings is 1. The molecule has 2 heterocycles. The number of tetrazole rings is 1. The van der Waals surface area contributed by atoms with Crippen molar-refractivity contribution in [1.82, 2.24) is 20.2 Å². The van der Waals surface area contributed by atoms with E-state index in [9.17, 15) is 9.59 Å². The molecular formula is C19H19N5O3S. The van der Waals surface area contributed by atoms with Gasteiger partial charge in [-0.05, 0) is 64.7 Å². The van der Waals surface area contributed by atoms with Gasteiger partial charge in [0, 0.05) is 0 Å². The van der Waals surface area contributed by atoms with Gasteiger partial charge in [-0.2, -0.15) is 0 Å². The summed E-state index contributed by atoms with van der Waals surface area (Å²) in [6.45, 7) is 2.08. The van der Waals surface area contributed by atoms with Crippen molar-refractivity contribution in [1.29, 1.82) is 0 Å². The molecule has 0 radical (unpaired) electrons. The Hall–Kier alpha value is -3.07. The fraction of sp³-hybridized carbons (Fsp3) is 0.316. The number of thiophene rings is 1. The lowest BCUT2D eigenvalue weighted by atomic mass is 10.1. The summed E-state index contributed by atoms with van der Waals surface area (Å²) < 4.78 is 6.73. The van der Waals surface area contributed by atoms with Gasteiger partial charge in [0.2, 0.25) is 5.91 Å². The number of nitrogens with one attached hydrogen (secondary N) is 1. The Bertz CT molecular complexity index is 978. The molecule has 9 heteroatoms. The number of aromatic nitrogens is 4. The minimum Gasteiger partial charge on any atom is -0.462 e. The summed E-state index contributed by atoms with van der Waals surface area (Å²) in [4.78, 5) is 24.9. The fourth-order valence-electron chi connectivity index (χ4n) is 2.97. The van der Waals surface area contributed by atoms with E-state index >= 15 is 0 Å². The zero-order chi connectivity index (χ0) is 19.5. The molecule has 0 bridgehead atoms. The van der Waals surface area contributed by atoms with Crippen LogP contribution in [0.2, 0.25) is 0 Å². The summed E-state index contributed by atoms with van der Waals surface area (Å²) >= 11 is 1.38. The molecule has 144 valence electrons. The molecule has 4 rings (SSSR count). The van der Waals surface area contributed by atoms with Crippen LogP contribution < -0.4 is 5.32 Å². The molecule has 1 N–H and O–H groups in total. The van der Waals surface area contributed by atoms with Gasteiger partial charge in [0.15, 0.2) is 0 Å². The second-order valence-corrected chi connectivity index (χ2v) is 7.42. The lowest BCUT2D eigenvalue weighted by Crippen LogP contribution is -2.17. The molecule has 1 aliphatic rings. The third-order valence-electron chi connectivity index (χ3n) is 4.48. The predicted octanol–water partition coefficient (Wildman–Crippen LogP) is 2.96. The van der Waals surface area contributed by atoms with E-state index in [4.69, 9.17) is 4.74 Å². The summed E-state index contributed by atoms with van der Waals surface area (Å²) in [5, 5.41) is 16.4. The number of esters is 1. The van der Waals surface area contributed by atoms with Crippen molar-refractivity contribution in [3.8, 4) is 5.69 Å². The van der Waals surface area contributed by atoms with E-state index < -0.39 is 0 Å². The summed E-state index contributed by atoms with van der Waals surface area (Å²) in [6, 6.07) is 7.40. The van der Waals surface area contributed by atoms with Crippen LogP contribution in [0, 0.1) is 0 Å². The minimum absolute atomic E-state index is 0.176. The number of hydrogen-bond donors (Lipinski definition) is 1. The highest BCUT2D eigenvalue weighted by Gasteiger charge is 2.32. The Labute approximate surface area is 165 Å². The van der Waals surface area contributed by atoms with Crippen LogP contribution >= 0.6 is 11.3 Å². The highest BCUT2D eigenvalue weighted by atomic mass is 32.1. The van der Waals surface area contributed by atoms with Gasteiger partial charge in [-0.15, -0.1) is 16.4 Å². The number of carbonyl (C=O) groups is 2. The number of carbonyl (C=O) groups excluding carboxylic acids is 2. The SMILES string of the molecule is CCOC(=O)c1c(C2CC2)csc1NC(=O)Cc1ccc(-n2cnnn2)cc1. The number of amides is 1. The summed E-state index contributed by atoms with van der Waals surface area (Å²) in [6.07, 6.45) is 3.86. The molecule has 1 aliphatic carbocycles. The van der Waals surface area contributed by atoms with Gasteiger partial charge in [0.1, 0.15) is 11.3 Å². The van der Waals surface area contributed by atoms with Crippen LogP contribution in [0.5, 0.6) is 0 Å². The van der Waals surface area contributed by atoms with Crippen molar-refractivity contribution in [3.63, 3.8) is 0 Å². The molecule has 0 saturated heterocycles. The monoisotopic (exact) mass is 397 g/mol. The molecule has 0 unspecified atom stereocenters. The van der Waals surface area contributed by atoms with Crippen molar-refractivity contribution in [2.75, 3.05) is 11.9 Å². The van der Waals surface area contributed by atoms with E-state index in [1.807, 2.05) is 29.6 Å². The van der Waals surface area contributed by atoms with Crippen LogP contribution in [0.25, 0.3) is 5.69 Å². The largest absolute Gasteiger partial charge is 0.462 e. The molecule has 2 aromatic heterocycles. The maximum Gasteiger partial charge on any atom is 0.341 e. The van der Waals surface area contributed by atoms with E-state index in [-0.39, 0.29) is 18.3 Å². The van der Waals surface area contributed by atoms with E-state index in [1.165, 1.54) is 17.7 Å². The molecule has 1 fully saturated rings. The van der Waals surface area contributed by atoms with Crippen LogP contribution in [-0.4, -0.2) is 38.7 Å². The molecule has 0 spiro atoms. The van der Waals surface area contributed by atoms with Gasteiger partial charge >= 0.3 is 5.97 Å². The molecule has 1 saturated carbocycles. The van der Waals surface area contributed by atoms with Crippen LogP contribution in [0.4, 0.5) is 5.00 Å². The topological polar surface area (TPSA) is 99.0 Å². The van der Waals surface area contributed by atoms with Gasteiger partial charge in [0.25, 0.3) is 0 Å². The second kappa shape index (κ2) is 7.89. The summed E-state index contributed by atoms with van der Waals surface area (Å²) in [5.74, 6) is -0.142. The Morgan fingerprint density at radius 3 is 2.71 bits per heavy atom. The Morgan fingerprint density at radius 2 is 2.07 bits per heavy atom. The summed E-state index contributed by atoms with van der Waals surface area (Å²) in [7, 11) is 0. The summed E-state index contributed by atoms with van der Waals surface area (Å²) in [5.41, 5.74) is 3.17. The smallest absolute Gasteiger partial charge is 0.341 e. The van der Waals surface area contributed by atoms with Crippen molar-refractivity contribution in [2.24, 2.45) is 0 Å². The van der Waals surface area contributed by atoms with Crippen molar-refractivity contribution < 1.29 is 14.3 Å². The number of rotatable bonds is 7. The molecule has 1 amide bonds. The maximum atomic E-state index is 12.5. The van der Waals surface area contributed by atoms with Gasteiger partial charge in [0.05, 0.1) is 24.3 Å². The highest BCUT2D eigenvalue weighted by molar-refractivity contribution is 7.15. The molecule has 1 aromatic carbocycles. The predicted molar refractivity (Wildman–Crippen MR) is 104 cm³/mol. The number of anilines is 1. The van der Waals surface area contributed by atoms with Crippen LogP contribution in [0.15, 0.2) is 36.0 Å². The third-order valence-corrected chi connectivity index (χ3v) is 5.40. The highest BCUT2D eigenvalue weighted by Crippen LogP contribution is 2.46.